The topological polar surface area (TPSA) is 160 Å². The van der Waals surface area contributed by atoms with Gasteiger partial charge in [0.2, 0.25) is 15.8 Å². The predicted molar refractivity (Wildman–Crippen MR) is 103 cm³/mol. The number of sulfonamides is 1. The van der Waals surface area contributed by atoms with E-state index in [2.05, 4.69) is 0 Å². The normalized spacial score (nSPS) is 12.4. The van der Waals surface area contributed by atoms with Crippen LogP contribution in [-0.4, -0.2) is 42.0 Å². The van der Waals surface area contributed by atoms with E-state index in [1.807, 2.05) is 4.72 Å². The van der Waals surface area contributed by atoms with Crippen LogP contribution < -0.4 is 21.7 Å². The Morgan fingerprint density at radius 2 is 1.73 bits per heavy atom. The number of nitrogens with two attached hydrogens (primary N) is 1. The van der Waals surface area contributed by atoms with E-state index < -0.39 is 62.9 Å². The van der Waals surface area contributed by atoms with E-state index in [-0.39, 0.29) is 4.90 Å². The van der Waals surface area contributed by atoms with E-state index in [1.54, 1.807) is 0 Å². The highest BCUT2D eigenvalue weighted by Gasteiger charge is 2.26. The number of nitrogens with zero attached hydrogens (tertiary/aromatic N) is 2. The average molecular weight is 442 g/mol. The number of ether oxygens (including phenoxy) is 1. The Balaban J connectivity index is 2.10. The van der Waals surface area contributed by atoms with Gasteiger partial charge in [0.05, 0.1) is 4.90 Å². The summed E-state index contributed by atoms with van der Waals surface area (Å²) in [4.78, 5) is 48.0. The molecule has 1 atom stereocenters. The van der Waals surface area contributed by atoms with Crippen molar-refractivity contribution in [1.29, 1.82) is 0 Å². The molecule has 0 aliphatic carbocycles. The Morgan fingerprint density at radius 1 is 1.17 bits per heavy atom. The van der Waals surface area contributed by atoms with Crippen molar-refractivity contribution in [1.82, 2.24) is 13.9 Å². The lowest BCUT2D eigenvalue weighted by Gasteiger charge is -2.14. The summed E-state index contributed by atoms with van der Waals surface area (Å²) in [5.74, 6) is -3.10. The molecule has 0 radical (unpaired) electrons. The van der Waals surface area contributed by atoms with Gasteiger partial charge in [-0.05, 0) is 31.2 Å². The van der Waals surface area contributed by atoms with Crippen molar-refractivity contribution in [2.75, 3.05) is 12.3 Å². The van der Waals surface area contributed by atoms with E-state index in [1.165, 1.54) is 14.0 Å². The molecule has 0 fully saturated rings. The predicted octanol–water partition coefficient (Wildman–Crippen LogP) is -1.10. The molecule has 0 spiro atoms. The van der Waals surface area contributed by atoms with Crippen molar-refractivity contribution in [2.24, 2.45) is 14.1 Å². The Kier molecular flexibility index (Phi) is 6.57. The molecule has 0 aliphatic heterocycles. The molecule has 11 nitrogen and oxygen atoms in total. The SMILES string of the molecule is CC(NS(=O)(=O)c1ccc(F)cc1)C(=O)OCC(=O)c1c(N)n(C)c(=O)n(C)c1=O. The molecule has 30 heavy (non-hydrogen) atoms. The first kappa shape index (κ1) is 23.0. The van der Waals surface area contributed by atoms with Crippen LogP contribution in [-0.2, 0) is 33.7 Å². The molecule has 1 unspecified atom stereocenters. The minimum atomic E-state index is -4.16. The summed E-state index contributed by atoms with van der Waals surface area (Å²) in [6.45, 7) is 0.270. The van der Waals surface area contributed by atoms with Gasteiger partial charge in [-0.3, -0.25) is 23.5 Å². The van der Waals surface area contributed by atoms with Crippen LogP contribution in [0.4, 0.5) is 10.2 Å². The highest BCUT2D eigenvalue weighted by molar-refractivity contribution is 7.89. The lowest BCUT2D eigenvalue weighted by atomic mass is 10.2. The van der Waals surface area contributed by atoms with Crippen LogP contribution in [0.25, 0.3) is 0 Å². The highest BCUT2D eigenvalue weighted by atomic mass is 32.2. The molecule has 13 heteroatoms. The van der Waals surface area contributed by atoms with Gasteiger partial charge in [0, 0.05) is 14.1 Å². The number of carbonyl (C=O) groups is 2. The van der Waals surface area contributed by atoms with Crippen LogP contribution in [0.15, 0.2) is 38.8 Å². The van der Waals surface area contributed by atoms with Gasteiger partial charge in [-0.1, -0.05) is 0 Å². The summed E-state index contributed by atoms with van der Waals surface area (Å²) in [5, 5.41) is 0. The van der Waals surface area contributed by atoms with Crippen molar-refractivity contribution in [2.45, 2.75) is 17.9 Å². The first-order valence-electron chi connectivity index (χ1n) is 8.40. The number of nitrogens with one attached hydrogen (secondary N) is 1. The number of rotatable bonds is 7. The van der Waals surface area contributed by atoms with E-state index in [0.29, 0.717) is 4.57 Å². The van der Waals surface area contributed by atoms with Gasteiger partial charge < -0.3 is 10.5 Å². The fourth-order valence-corrected chi connectivity index (χ4v) is 3.61. The number of ketones is 1. The zero-order valence-corrected chi connectivity index (χ0v) is 17.0. The number of Topliss-reactive ketones (excluding diaryl/α,β-unsaturated/α-hetero) is 1. The summed E-state index contributed by atoms with van der Waals surface area (Å²) < 4.78 is 45.7. The summed E-state index contributed by atoms with van der Waals surface area (Å²) >= 11 is 0. The molecular formula is C17H19FN4O7S. The zero-order valence-electron chi connectivity index (χ0n) is 16.2. The van der Waals surface area contributed by atoms with Crippen LogP contribution in [0, 0.1) is 5.82 Å². The third-order valence-electron chi connectivity index (χ3n) is 4.14. The van der Waals surface area contributed by atoms with Crippen molar-refractivity contribution in [3.63, 3.8) is 0 Å². The van der Waals surface area contributed by atoms with E-state index >= 15 is 0 Å². The first-order valence-corrected chi connectivity index (χ1v) is 9.88. The number of aromatic nitrogens is 2. The fraction of sp³-hybridized carbons (Fsp3) is 0.294. The van der Waals surface area contributed by atoms with Gasteiger partial charge in [-0.25, -0.2) is 17.6 Å². The summed E-state index contributed by atoms with van der Waals surface area (Å²) in [6, 6.07) is 2.51. The maximum Gasteiger partial charge on any atom is 0.332 e. The van der Waals surface area contributed by atoms with Crippen molar-refractivity contribution in [3.8, 4) is 0 Å². The van der Waals surface area contributed by atoms with Crippen molar-refractivity contribution in [3.05, 3.63) is 56.5 Å². The molecule has 0 amide bonds. The lowest BCUT2D eigenvalue weighted by molar-refractivity contribution is -0.144. The molecule has 2 aromatic rings. The third-order valence-corrected chi connectivity index (χ3v) is 5.70. The molecule has 1 aromatic heterocycles. The van der Waals surface area contributed by atoms with Gasteiger partial charge in [0.1, 0.15) is 23.2 Å². The molecule has 3 N–H and O–H groups in total. The second-order valence-corrected chi connectivity index (χ2v) is 8.01. The number of hydrogen-bond donors (Lipinski definition) is 2. The number of nitrogen functional groups attached to an aromatic ring is 1. The molecule has 0 bridgehead atoms. The molecule has 1 heterocycles. The first-order chi connectivity index (χ1) is 13.9. The number of halogens is 1. The van der Waals surface area contributed by atoms with Gasteiger partial charge >= 0.3 is 11.7 Å². The zero-order chi connectivity index (χ0) is 22.8. The van der Waals surface area contributed by atoms with Gasteiger partial charge in [0.25, 0.3) is 5.56 Å². The average Bonchev–Trinajstić information content (AvgIpc) is 2.69. The van der Waals surface area contributed by atoms with Gasteiger partial charge in [-0.2, -0.15) is 4.72 Å². The second kappa shape index (κ2) is 8.59. The molecule has 0 aliphatic rings. The number of esters is 1. The number of benzene rings is 1. The quantitative estimate of drug-likeness (QED) is 0.404. The minimum Gasteiger partial charge on any atom is -0.456 e. The molecule has 0 saturated carbocycles. The van der Waals surface area contributed by atoms with Gasteiger partial charge in [-0.15, -0.1) is 0 Å². The van der Waals surface area contributed by atoms with Crippen molar-refractivity contribution < 1.29 is 27.1 Å². The Morgan fingerprint density at radius 3 is 2.30 bits per heavy atom. The van der Waals surface area contributed by atoms with Crippen LogP contribution in [0.1, 0.15) is 17.3 Å². The van der Waals surface area contributed by atoms with E-state index in [0.717, 1.165) is 35.9 Å². The van der Waals surface area contributed by atoms with Crippen LogP contribution in [0.3, 0.4) is 0 Å². The Hall–Kier alpha value is -3.32. The number of carbonyl (C=O) groups excluding carboxylic acids is 2. The molecule has 1 aromatic carbocycles. The number of anilines is 1. The highest BCUT2D eigenvalue weighted by Crippen LogP contribution is 2.11. The molecular weight excluding hydrogens is 423 g/mol. The molecule has 162 valence electrons. The maximum atomic E-state index is 12.9. The lowest BCUT2D eigenvalue weighted by Crippen LogP contribution is -2.43. The van der Waals surface area contributed by atoms with Crippen LogP contribution >= 0.6 is 0 Å². The van der Waals surface area contributed by atoms with E-state index in [9.17, 15) is 32.0 Å². The molecule has 2 rings (SSSR count). The van der Waals surface area contributed by atoms with E-state index in [4.69, 9.17) is 10.5 Å². The summed E-state index contributed by atoms with van der Waals surface area (Å²) in [7, 11) is -1.75. The summed E-state index contributed by atoms with van der Waals surface area (Å²) in [6.07, 6.45) is 0. The van der Waals surface area contributed by atoms with Gasteiger partial charge in [0.15, 0.2) is 6.61 Å². The second-order valence-electron chi connectivity index (χ2n) is 6.29. The summed E-state index contributed by atoms with van der Waals surface area (Å²) in [5.41, 5.74) is 3.42. The standard InChI is InChI=1S/C17H19FN4O7S/c1-9(20-30(27,28)11-6-4-10(18)5-7-11)16(25)29-8-12(23)13-14(19)21(2)17(26)22(3)15(13)24/h4-7,9,20H,8,19H2,1-3H3. The molecule has 0 saturated heterocycles. The Bertz CT molecular complexity index is 1220. The minimum absolute atomic E-state index is 0.277. The monoisotopic (exact) mass is 442 g/mol. The Labute approximate surface area is 169 Å². The fourth-order valence-electron chi connectivity index (χ4n) is 2.42. The smallest absolute Gasteiger partial charge is 0.332 e. The van der Waals surface area contributed by atoms with Crippen LogP contribution in [0.5, 0.6) is 0 Å². The number of hydrogen-bond acceptors (Lipinski definition) is 8. The maximum absolute atomic E-state index is 12.9. The van der Waals surface area contributed by atoms with Crippen molar-refractivity contribution >= 4 is 27.6 Å². The third kappa shape index (κ3) is 4.63. The largest absolute Gasteiger partial charge is 0.456 e. The van der Waals surface area contributed by atoms with Crippen LogP contribution in [0.2, 0.25) is 0 Å².